The van der Waals surface area contributed by atoms with Gasteiger partial charge in [0.15, 0.2) is 0 Å². The van der Waals surface area contributed by atoms with Gasteiger partial charge in [-0.3, -0.25) is 4.98 Å². The second kappa shape index (κ2) is 4.09. The van der Waals surface area contributed by atoms with Crippen LogP contribution in [0.25, 0.3) is 10.8 Å². The van der Waals surface area contributed by atoms with Crippen LogP contribution in [0.1, 0.15) is 0 Å². The second-order valence-electron chi connectivity index (χ2n) is 3.06. The van der Waals surface area contributed by atoms with Crippen LogP contribution in [0.15, 0.2) is 30.7 Å². The molecular formula is C10H11BN2O. The maximum Gasteiger partial charge on any atom is 0.221 e. The van der Waals surface area contributed by atoms with Gasteiger partial charge in [0.1, 0.15) is 7.85 Å². The maximum atomic E-state index is 5.53. The fraction of sp³-hybridized carbons (Fsp3) is 0.200. The molecule has 0 spiro atoms. The quantitative estimate of drug-likeness (QED) is 0.672. The van der Waals surface area contributed by atoms with Crippen LogP contribution in [0.2, 0.25) is 6.32 Å². The molecule has 0 aliphatic rings. The first kappa shape index (κ1) is 9.00. The predicted molar refractivity (Wildman–Crippen MR) is 58.4 cm³/mol. The van der Waals surface area contributed by atoms with Crippen LogP contribution in [0.3, 0.4) is 0 Å². The number of nitrogens with zero attached hydrogens (tertiary/aromatic N) is 2. The van der Waals surface area contributed by atoms with Crippen molar-refractivity contribution in [2.45, 2.75) is 6.32 Å². The molecule has 0 bridgehead atoms. The zero-order valence-electron chi connectivity index (χ0n) is 8.10. The van der Waals surface area contributed by atoms with E-state index < -0.39 is 0 Å². The number of fused-ring (bicyclic) bond motifs is 1. The van der Waals surface area contributed by atoms with E-state index in [9.17, 15) is 0 Å². The molecule has 14 heavy (non-hydrogen) atoms. The molecule has 0 aliphatic carbocycles. The minimum absolute atomic E-state index is 0.701. The molecule has 0 N–H and O–H groups in total. The van der Waals surface area contributed by atoms with Gasteiger partial charge in [0.2, 0.25) is 5.88 Å². The van der Waals surface area contributed by atoms with E-state index in [1.54, 1.807) is 12.4 Å². The average molecular weight is 186 g/mol. The van der Waals surface area contributed by atoms with Gasteiger partial charge in [-0.25, -0.2) is 4.98 Å². The molecule has 0 amide bonds. The van der Waals surface area contributed by atoms with Crippen molar-refractivity contribution < 1.29 is 4.74 Å². The van der Waals surface area contributed by atoms with E-state index in [4.69, 9.17) is 4.74 Å². The number of ether oxygens (including phenoxy) is 1. The van der Waals surface area contributed by atoms with E-state index in [2.05, 4.69) is 17.8 Å². The third kappa shape index (κ3) is 1.69. The van der Waals surface area contributed by atoms with Crippen LogP contribution in [0.4, 0.5) is 0 Å². The van der Waals surface area contributed by atoms with Gasteiger partial charge in [-0.2, -0.15) is 0 Å². The van der Waals surface area contributed by atoms with Gasteiger partial charge in [0, 0.05) is 29.4 Å². The summed E-state index contributed by atoms with van der Waals surface area (Å²) < 4.78 is 5.53. The molecule has 2 heterocycles. The molecule has 0 fully saturated rings. The standard InChI is InChI=1S/C10H11BN2O/c11-3-6-14-10-9-2-4-12-7-8(9)1-5-13-10/h1-2,4-5,7H,3,6,11H2. The highest BCUT2D eigenvalue weighted by Crippen LogP contribution is 2.21. The first-order chi connectivity index (χ1) is 6.92. The lowest BCUT2D eigenvalue weighted by Crippen LogP contribution is -1.98. The summed E-state index contributed by atoms with van der Waals surface area (Å²) in [5.74, 6) is 0.701. The monoisotopic (exact) mass is 186 g/mol. The first-order valence-electron chi connectivity index (χ1n) is 4.73. The Hall–Kier alpha value is -1.58. The van der Waals surface area contributed by atoms with Crippen molar-refractivity contribution in [2.75, 3.05) is 6.61 Å². The fourth-order valence-electron chi connectivity index (χ4n) is 1.30. The molecule has 4 heteroatoms. The van der Waals surface area contributed by atoms with Crippen LogP contribution in [0.5, 0.6) is 5.88 Å². The van der Waals surface area contributed by atoms with E-state index in [-0.39, 0.29) is 0 Å². The zero-order valence-corrected chi connectivity index (χ0v) is 8.10. The van der Waals surface area contributed by atoms with Crippen molar-refractivity contribution in [1.82, 2.24) is 9.97 Å². The van der Waals surface area contributed by atoms with Crippen molar-refractivity contribution in [3.63, 3.8) is 0 Å². The van der Waals surface area contributed by atoms with Crippen LogP contribution in [-0.2, 0) is 0 Å². The molecule has 2 aromatic rings. The summed E-state index contributed by atoms with van der Waals surface area (Å²) in [5, 5.41) is 2.09. The Bertz CT molecular complexity index is 428. The summed E-state index contributed by atoms with van der Waals surface area (Å²) in [6.07, 6.45) is 6.30. The lowest BCUT2D eigenvalue weighted by atomic mass is 10.1. The normalized spacial score (nSPS) is 10.3. The summed E-state index contributed by atoms with van der Waals surface area (Å²) in [6, 6.07) is 3.86. The summed E-state index contributed by atoms with van der Waals surface area (Å²) in [5.41, 5.74) is 0. The van der Waals surface area contributed by atoms with Crippen molar-refractivity contribution in [2.24, 2.45) is 0 Å². The van der Waals surface area contributed by atoms with Gasteiger partial charge in [-0.15, -0.1) is 0 Å². The molecule has 0 saturated heterocycles. The summed E-state index contributed by atoms with van der Waals surface area (Å²) in [6.45, 7) is 0.703. The van der Waals surface area contributed by atoms with Gasteiger partial charge in [0.25, 0.3) is 0 Å². The van der Waals surface area contributed by atoms with E-state index >= 15 is 0 Å². The van der Waals surface area contributed by atoms with Gasteiger partial charge in [-0.05, 0) is 18.5 Å². The average Bonchev–Trinajstić information content (AvgIpc) is 2.26. The zero-order chi connectivity index (χ0) is 9.80. The highest BCUT2D eigenvalue weighted by Gasteiger charge is 2.01. The smallest absolute Gasteiger partial charge is 0.221 e. The second-order valence-corrected chi connectivity index (χ2v) is 3.06. The van der Waals surface area contributed by atoms with E-state index in [1.807, 2.05) is 18.3 Å². The van der Waals surface area contributed by atoms with Crippen LogP contribution < -0.4 is 4.74 Å². The number of aromatic nitrogens is 2. The maximum absolute atomic E-state index is 5.53. The largest absolute Gasteiger partial charge is 0.478 e. The lowest BCUT2D eigenvalue weighted by molar-refractivity contribution is 0.331. The SMILES string of the molecule is BCCOc1nccc2cnccc12. The molecule has 0 atom stereocenters. The van der Waals surface area contributed by atoms with Crippen LogP contribution in [-0.4, -0.2) is 24.4 Å². The number of pyridine rings is 2. The molecule has 0 unspecified atom stereocenters. The third-order valence-electron chi connectivity index (χ3n) is 1.97. The topological polar surface area (TPSA) is 35.0 Å². The van der Waals surface area contributed by atoms with Gasteiger partial charge in [-0.1, -0.05) is 0 Å². The number of hydrogen-bond donors (Lipinski definition) is 0. The van der Waals surface area contributed by atoms with E-state index in [0.29, 0.717) is 12.5 Å². The van der Waals surface area contributed by atoms with Crippen LogP contribution >= 0.6 is 0 Å². The molecule has 2 rings (SSSR count). The molecule has 0 radical (unpaired) electrons. The molecular weight excluding hydrogens is 175 g/mol. The third-order valence-corrected chi connectivity index (χ3v) is 1.97. The fourth-order valence-corrected chi connectivity index (χ4v) is 1.30. The minimum atomic E-state index is 0.701. The van der Waals surface area contributed by atoms with Crippen molar-refractivity contribution in [1.29, 1.82) is 0 Å². The minimum Gasteiger partial charge on any atom is -0.478 e. The molecule has 70 valence electrons. The Morgan fingerprint density at radius 3 is 3.07 bits per heavy atom. The van der Waals surface area contributed by atoms with Gasteiger partial charge >= 0.3 is 0 Å². The summed E-state index contributed by atoms with van der Waals surface area (Å²) >= 11 is 0. The Morgan fingerprint density at radius 2 is 2.21 bits per heavy atom. The Balaban J connectivity index is 2.43. The Morgan fingerprint density at radius 1 is 1.29 bits per heavy atom. The van der Waals surface area contributed by atoms with E-state index in [0.717, 1.165) is 17.1 Å². The van der Waals surface area contributed by atoms with E-state index in [1.165, 1.54) is 0 Å². The highest BCUT2D eigenvalue weighted by molar-refractivity contribution is 6.08. The lowest BCUT2D eigenvalue weighted by Gasteiger charge is -2.05. The first-order valence-corrected chi connectivity index (χ1v) is 4.73. The number of hydrogen-bond acceptors (Lipinski definition) is 3. The predicted octanol–water partition coefficient (Wildman–Crippen LogP) is 1.06. The number of rotatable bonds is 3. The van der Waals surface area contributed by atoms with Crippen LogP contribution in [0, 0.1) is 0 Å². The van der Waals surface area contributed by atoms with Gasteiger partial charge < -0.3 is 4.74 Å². The highest BCUT2D eigenvalue weighted by atomic mass is 16.5. The summed E-state index contributed by atoms with van der Waals surface area (Å²) in [7, 11) is 2.08. The van der Waals surface area contributed by atoms with Crippen molar-refractivity contribution >= 4 is 18.6 Å². The van der Waals surface area contributed by atoms with Gasteiger partial charge in [0.05, 0.1) is 6.61 Å². The summed E-state index contributed by atoms with van der Waals surface area (Å²) in [4.78, 5) is 8.25. The Labute approximate surface area is 83.5 Å². The molecule has 3 nitrogen and oxygen atoms in total. The molecule has 0 aromatic carbocycles. The van der Waals surface area contributed by atoms with Crippen molar-refractivity contribution in [3.8, 4) is 5.88 Å². The Kier molecular flexibility index (Phi) is 2.63. The molecule has 0 aliphatic heterocycles. The van der Waals surface area contributed by atoms with Crippen molar-refractivity contribution in [3.05, 3.63) is 30.7 Å². The molecule has 0 saturated carbocycles. The molecule has 2 aromatic heterocycles.